The molecule has 0 atom stereocenters. The Morgan fingerprint density at radius 2 is 1.62 bits per heavy atom. The van der Waals surface area contributed by atoms with Crippen molar-refractivity contribution in [3.63, 3.8) is 0 Å². The molecule has 1 aromatic heterocycles. The Bertz CT molecular complexity index is 920. The average molecular weight is 466 g/mol. The van der Waals surface area contributed by atoms with Crippen LogP contribution >= 0.6 is 0 Å². The number of benzene rings is 1. The zero-order chi connectivity index (χ0) is 24.1. The molecule has 0 spiro atoms. The highest BCUT2D eigenvalue weighted by Crippen LogP contribution is 2.36. The van der Waals surface area contributed by atoms with Gasteiger partial charge in [0.1, 0.15) is 6.26 Å². The highest BCUT2D eigenvalue weighted by Gasteiger charge is 2.38. The molecule has 0 radical (unpaired) electrons. The van der Waals surface area contributed by atoms with Crippen LogP contribution < -0.4 is 0 Å². The number of carbonyl (C=O) groups is 2. The van der Waals surface area contributed by atoms with E-state index in [1.54, 1.807) is 0 Å². The van der Waals surface area contributed by atoms with Gasteiger partial charge in [-0.3, -0.25) is 4.79 Å². The first-order valence-corrected chi connectivity index (χ1v) is 9.48. The molecule has 176 valence electrons. The summed E-state index contributed by atoms with van der Waals surface area (Å²) in [5, 5.41) is 0. The molecular weight excluding hydrogens is 446 g/mol. The number of esters is 1. The monoisotopic (exact) mass is 466 g/mol. The number of rotatable bonds is 8. The molecule has 0 aliphatic rings. The molecule has 12 heteroatoms. The van der Waals surface area contributed by atoms with Crippen molar-refractivity contribution in [1.29, 1.82) is 0 Å². The van der Waals surface area contributed by atoms with Crippen LogP contribution in [-0.2, 0) is 23.6 Å². The van der Waals surface area contributed by atoms with E-state index in [4.69, 9.17) is 4.42 Å². The molecule has 32 heavy (non-hydrogen) atoms. The summed E-state index contributed by atoms with van der Waals surface area (Å²) in [7, 11) is 1.11. The Morgan fingerprint density at radius 1 is 1.03 bits per heavy atom. The van der Waals surface area contributed by atoms with E-state index in [9.17, 15) is 35.9 Å². The van der Waals surface area contributed by atoms with Gasteiger partial charge in [0, 0.05) is 12.1 Å². The molecule has 0 N–H and O–H groups in total. The number of carbonyl (C=O) groups excluding carboxylic acids is 2. The number of hydrogen-bond acceptors (Lipinski definition) is 5. The van der Waals surface area contributed by atoms with E-state index < -0.39 is 40.9 Å². The van der Waals surface area contributed by atoms with Crippen LogP contribution in [0.1, 0.15) is 64.1 Å². The molecule has 0 saturated heterocycles. The minimum atomic E-state index is -5.08. The second-order valence-corrected chi connectivity index (χ2v) is 6.85. The summed E-state index contributed by atoms with van der Waals surface area (Å²) in [5.41, 5.74) is -4.15. The summed E-state index contributed by atoms with van der Waals surface area (Å²) >= 11 is 0. The van der Waals surface area contributed by atoms with Gasteiger partial charge in [-0.15, -0.1) is 0 Å². The highest BCUT2D eigenvalue weighted by atomic mass is 19.4. The van der Waals surface area contributed by atoms with Crippen molar-refractivity contribution in [3.8, 4) is 0 Å². The average Bonchev–Trinajstić information content (AvgIpc) is 3.19. The van der Waals surface area contributed by atoms with Gasteiger partial charge in [0.15, 0.2) is 5.69 Å². The van der Waals surface area contributed by atoms with Crippen LogP contribution in [0.2, 0.25) is 0 Å². The van der Waals surface area contributed by atoms with Crippen molar-refractivity contribution in [2.45, 2.75) is 45.1 Å². The number of unbranched alkanes of at least 4 members (excludes halogenated alkanes) is 2. The summed E-state index contributed by atoms with van der Waals surface area (Å²) in [6.45, 7) is 1.54. The van der Waals surface area contributed by atoms with Crippen molar-refractivity contribution in [3.05, 3.63) is 52.7 Å². The predicted molar refractivity (Wildman–Crippen MR) is 98.6 cm³/mol. The fraction of sp³-hybridized carbons (Fsp3) is 0.450. The number of amides is 1. The quantitative estimate of drug-likeness (QED) is 0.299. The highest BCUT2D eigenvalue weighted by molar-refractivity contribution is 5.94. The van der Waals surface area contributed by atoms with Gasteiger partial charge in [0.25, 0.3) is 5.91 Å². The molecule has 0 bridgehead atoms. The number of aromatic nitrogens is 1. The lowest BCUT2D eigenvalue weighted by Gasteiger charge is -2.22. The second kappa shape index (κ2) is 10.0. The van der Waals surface area contributed by atoms with Gasteiger partial charge in [0.2, 0.25) is 5.89 Å². The van der Waals surface area contributed by atoms with Crippen LogP contribution in [0.5, 0.6) is 0 Å². The minimum Gasteiger partial charge on any atom is -0.464 e. The van der Waals surface area contributed by atoms with E-state index >= 15 is 0 Å². The zero-order valence-corrected chi connectivity index (χ0v) is 17.1. The van der Waals surface area contributed by atoms with E-state index in [1.165, 1.54) is 0 Å². The standard InChI is InChI=1S/C20H20F6N2O4/c1-3-4-5-6-28(10-16-27-15(11-32-16)18(30)31-2)17(29)12-7-13(19(21,22)23)9-14(8-12)20(24,25)26/h7-9,11H,3-6,10H2,1-2H3. The third kappa shape index (κ3) is 6.47. The smallest absolute Gasteiger partial charge is 0.416 e. The van der Waals surface area contributed by atoms with E-state index in [-0.39, 0.29) is 30.7 Å². The van der Waals surface area contributed by atoms with E-state index in [2.05, 4.69) is 9.72 Å². The lowest BCUT2D eigenvalue weighted by Crippen LogP contribution is -2.32. The minimum absolute atomic E-state index is 0.0280. The third-order valence-electron chi connectivity index (χ3n) is 4.43. The number of alkyl halides is 6. The lowest BCUT2D eigenvalue weighted by atomic mass is 10.0. The molecule has 1 aromatic carbocycles. The second-order valence-electron chi connectivity index (χ2n) is 6.85. The Labute approximate surface area is 179 Å². The number of methoxy groups -OCH3 is 1. The summed E-state index contributed by atoms with van der Waals surface area (Å²) in [6, 6.07) is 0.703. The summed E-state index contributed by atoms with van der Waals surface area (Å²) < 4.78 is 88.5. The fourth-order valence-corrected chi connectivity index (χ4v) is 2.81. The molecule has 0 saturated carbocycles. The predicted octanol–water partition coefficient (Wildman–Crippen LogP) is 5.33. The zero-order valence-electron chi connectivity index (χ0n) is 17.1. The maximum Gasteiger partial charge on any atom is 0.416 e. The molecule has 0 aliphatic carbocycles. The molecule has 1 heterocycles. The van der Waals surface area contributed by atoms with Gasteiger partial charge in [-0.05, 0) is 24.6 Å². The number of oxazole rings is 1. The summed E-state index contributed by atoms with van der Waals surface area (Å²) in [6.07, 6.45) is -7.32. The molecule has 0 aliphatic heterocycles. The van der Waals surface area contributed by atoms with Crippen LogP contribution in [0.25, 0.3) is 0 Å². The maximum atomic E-state index is 13.1. The maximum absolute atomic E-state index is 13.1. The van der Waals surface area contributed by atoms with Crippen molar-refractivity contribution in [2.75, 3.05) is 13.7 Å². The first-order chi connectivity index (χ1) is 14.9. The molecule has 1 amide bonds. The largest absolute Gasteiger partial charge is 0.464 e. The van der Waals surface area contributed by atoms with Crippen LogP contribution in [0.4, 0.5) is 26.3 Å². The Morgan fingerprint density at radius 3 is 2.12 bits per heavy atom. The van der Waals surface area contributed by atoms with E-state index in [1.807, 2.05) is 6.92 Å². The van der Waals surface area contributed by atoms with Gasteiger partial charge in [0.05, 0.1) is 24.8 Å². The molecule has 0 unspecified atom stereocenters. The van der Waals surface area contributed by atoms with Crippen molar-refractivity contribution < 1.29 is 45.1 Å². The van der Waals surface area contributed by atoms with E-state index in [0.717, 1.165) is 24.7 Å². The first-order valence-electron chi connectivity index (χ1n) is 9.48. The molecule has 2 aromatic rings. The Kier molecular flexibility index (Phi) is 7.92. The number of ether oxygens (including phenoxy) is 1. The molecule has 6 nitrogen and oxygen atoms in total. The van der Waals surface area contributed by atoms with Crippen LogP contribution in [-0.4, -0.2) is 35.4 Å². The van der Waals surface area contributed by atoms with Crippen LogP contribution in [0.15, 0.2) is 28.9 Å². The molecular formula is C20H20F6N2O4. The normalized spacial score (nSPS) is 12.0. The third-order valence-corrected chi connectivity index (χ3v) is 4.43. The number of hydrogen-bond donors (Lipinski definition) is 0. The van der Waals surface area contributed by atoms with Gasteiger partial charge in [-0.25, -0.2) is 9.78 Å². The first kappa shape index (κ1) is 25.2. The van der Waals surface area contributed by atoms with Gasteiger partial charge in [-0.2, -0.15) is 26.3 Å². The van der Waals surface area contributed by atoms with Crippen molar-refractivity contribution >= 4 is 11.9 Å². The SMILES string of the molecule is CCCCCN(Cc1nc(C(=O)OC)co1)C(=O)c1cc(C(F)(F)F)cc(C(F)(F)F)c1. The summed E-state index contributed by atoms with van der Waals surface area (Å²) in [4.78, 5) is 29.3. The fourth-order valence-electron chi connectivity index (χ4n) is 2.81. The number of halogens is 6. The topological polar surface area (TPSA) is 72.6 Å². The molecule has 0 fully saturated rings. The van der Waals surface area contributed by atoms with Crippen LogP contribution in [0, 0.1) is 0 Å². The lowest BCUT2D eigenvalue weighted by molar-refractivity contribution is -0.143. The van der Waals surface area contributed by atoms with Crippen molar-refractivity contribution in [1.82, 2.24) is 9.88 Å². The Hall–Kier alpha value is -3.05. The van der Waals surface area contributed by atoms with E-state index in [0.29, 0.717) is 25.0 Å². The van der Waals surface area contributed by atoms with Crippen molar-refractivity contribution in [2.24, 2.45) is 0 Å². The number of nitrogens with zero attached hydrogens (tertiary/aromatic N) is 2. The van der Waals surface area contributed by atoms with Gasteiger partial charge in [-0.1, -0.05) is 19.8 Å². The van der Waals surface area contributed by atoms with Gasteiger partial charge < -0.3 is 14.1 Å². The van der Waals surface area contributed by atoms with Crippen LogP contribution in [0.3, 0.4) is 0 Å². The summed E-state index contributed by atoms with van der Waals surface area (Å²) in [5.74, 6) is -2.00. The Balaban J connectivity index is 2.41. The molecule has 2 rings (SSSR count). The van der Waals surface area contributed by atoms with Gasteiger partial charge >= 0.3 is 18.3 Å².